The SMILES string of the molecule is O=C(Nc1ccc(-n2cccc2)cc1)NC1CC1. The quantitative estimate of drug-likeness (QED) is 0.852. The monoisotopic (exact) mass is 241 g/mol. The van der Waals surface area contributed by atoms with E-state index in [9.17, 15) is 4.79 Å². The Morgan fingerprint density at radius 1 is 1.11 bits per heavy atom. The van der Waals surface area contributed by atoms with E-state index in [-0.39, 0.29) is 6.03 Å². The third-order valence-electron chi connectivity index (χ3n) is 2.94. The Balaban J connectivity index is 1.65. The number of urea groups is 1. The second-order valence-corrected chi connectivity index (χ2v) is 4.51. The van der Waals surface area contributed by atoms with Gasteiger partial charge in [-0.2, -0.15) is 0 Å². The molecule has 0 saturated heterocycles. The first-order valence-corrected chi connectivity index (χ1v) is 6.12. The molecule has 4 heteroatoms. The minimum atomic E-state index is -0.119. The van der Waals surface area contributed by atoms with Crippen molar-refractivity contribution in [3.05, 3.63) is 48.8 Å². The van der Waals surface area contributed by atoms with Crippen molar-refractivity contribution in [3.63, 3.8) is 0 Å². The highest BCUT2D eigenvalue weighted by molar-refractivity contribution is 5.89. The number of hydrogen-bond acceptors (Lipinski definition) is 1. The standard InChI is InChI=1S/C14H15N3O/c18-14(15-11-3-4-11)16-12-5-7-13(8-6-12)17-9-1-2-10-17/h1-2,5-11H,3-4H2,(H2,15,16,18). The van der Waals surface area contributed by atoms with E-state index in [4.69, 9.17) is 0 Å². The number of amides is 2. The molecule has 1 aliphatic carbocycles. The number of benzene rings is 1. The van der Waals surface area contributed by atoms with Crippen LogP contribution in [0.25, 0.3) is 5.69 Å². The van der Waals surface area contributed by atoms with Gasteiger partial charge in [0, 0.05) is 29.8 Å². The van der Waals surface area contributed by atoms with Crippen LogP contribution in [-0.4, -0.2) is 16.6 Å². The third kappa shape index (κ3) is 2.53. The van der Waals surface area contributed by atoms with Crippen LogP contribution in [0, 0.1) is 0 Å². The molecule has 1 fully saturated rings. The Morgan fingerprint density at radius 2 is 1.78 bits per heavy atom. The number of carbonyl (C=O) groups is 1. The maximum atomic E-state index is 11.5. The molecule has 1 saturated carbocycles. The lowest BCUT2D eigenvalue weighted by atomic mass is 10.3. The molecule has 2 N–H and O–H groups in total. The van der Waals surface area contributed by atoms with E-state index in [1.54, 1.807) is 0 Å². The van der Waals surface area contributed by atoms with E-state index in [2.05, 4.69) is 10.6 Å². The molecule has 0 atom stereocenters. The van der Waals surface area contributed by atoms with Gasteiger partial charge in [-0.05, 0) is 49.2 Å². The fourth-order valence-electron chi connectivity index (χ4n) is 1.80. The first kappa shape index (κ1) is 10.9. The fraction of sp³-hybridized carbons (Fsp3) is 0.214. The lowest BCUT2D eigenvalue weighted by molar-refractivity contribution is 0.251. The van der Waals surface area contributed by atoms with Crippen LogP contribution in [0.1, 0.15) is 12.8 Å². The molecule has 4 nitrogen and oxygen atoms in total. The minimum Gasteiger partial charge on any atom is -0.335 e. The number of nitrogens with zero attached hydrogens (tertiary/aromatic N) is 1. The summed E-state index contributed by atoms with van der Waals surface area (Å²) in [5, 5.41) is 5.72. The molecule has 1 heterocycles. The van der Waals surface area contributed by atoms with Crippen molar-refractivity contribution in [1.82, 2.24) is 9.88 Å². The molecular weight excluding hydrogens is 226 g/mol. The Labute approximate surface area is 106 Å². The van der Waals surface area contributed by atoms with Gasteiger partial charge in [0.25, 0.3) is 0 Å². The summed E-state index contributed by atoms with van der Waals surface area (Å²) in [5.41, 5.74) is 1.89. The smallest absolute Gasteiger partial charge is 0.319 e. The highest BCUT2D eigenvalue weighted by atomic mass is 16.2. The summed E-state index contributed by atoms with van der Waals surface area (Å²) in [5.74, 6) is 0. The zero-order valence-electron chi connectivity index (χ0n) is 9.97. The minimum absolute atomic E-state index is 0.119. The summed E-state index contributed by atoms with van der Waals surface area (Å²) in [4.78, 5) is 11.5. The van der Waals surface area contributed by atoms with Gasteiger partial charge in [0.05, 0.1) is 0 Å². The summed E-state index contributed by atoms with van der Waals surface area (Å²) >= 11 is 0. The Bertz CT molecular complexity index is 527. The van der Waals surface area contributed by atoms with Crippen LogP contribution in [0.4, 0.5) is 10.5 Å². The van der Waals surface area contributed by atoms with E-state index in [0.717, 1.165) is 24.2 Å². The van der Waals surface area contributed by atoms with Crippen molar-refractivity contribution in [3.8, 4) is 5.69 Å². The first-order chi connectivity index (χ1) is 8.81. The van der Waals surface area contributed by atoms with Crippen LogP contribution in [0.3, 0.4) is 0 Å². The lowest BCUT2D eigenvalue weighted by Crippen LogP contribution is -2.30. The zero-order valence-corrected chi connectivity index (χ0v) is 9.97. The van der Waals surface area contributed by atoms with Crippen LogP contribution in [-0.2, 0) is 0 Å². The average molecular weight is 241 g/mol. The Morgan fingerprint density at radius 3 is 2.39 bits per heavy atom. The number of hydrogen-bond donors (Lipinski definition) is 2. The molecule has 18 heavy (non-hydrogen) atoms. The van der Waals surface area contributed by atoms with Gasteiger partial charge in [-0.25, -0.2) is 4.79 Å². The maximum absolute atomic E-state index is 11.5. The Kier molecular flexibility index (Phi) is 2.76. The predicted octanol–water partition coefficient (Wildman–Crippen LogP) is 2.76. The van der Waals surface area contributed by atoms with Crippen LogP contribution in [0.5, 0.6) is 0 Å². The molecule has 0 radical (unpaired) electrons. The van der Waals surface area contributed by atoms with E-state index in [1.807, 2.05) is 53.4 Å². The summed E-state index contributed by atoms with van der Waals surface area (Å²) in [7, 11) is 0. The number of nitrogens with one attached hydrogen (secondary N) is 2. The van der Waals surface area contributed by atoms with E-state index >= 15 is 0 Å². The number of carbonyl (C=O) groups excluding carboxylic acids is 1. The van der Waals surface area contributed by atoms with Gasteiger partial charge in [-0.3, -0.25) is 0 Å². The van der Waals surface area contributed by atoms with Crippen LogP contribution < -0.4 is 10.6 Å². The second-order valence-electron chi connectivity index (χ2n) is 4.51. The summed E-state index contributed by atoms with van der Waals surface area (Å²) < 4.78 is 2.02. The molecule has 1 aromatic heterocycles. The van der Waals surface area contributed by atoms with Crippen molar-refractivity contribution in [2.45, 2.75) is 18.9 Å². The van der Waals surface area contributed by atoms with Gasteiger partial charge in [-0.15, -0.1) is 0 Å². The van der Waals surface area contributed by atoms with Crippen LogP contribution in [0.2, 0.25) is 0 Å². The summed E-state index contributed by atoms with van der Waals surface area (Å²) in [6.45, 7) is 0. The zero-order chi connectivity index (χ0) is 12.4. The van der Waals surface area contributed by atoms with Crippen LogP contribution in [0.15, 0.2) is 48.8 Å². The molecule has 0 unspecified atom stereocenters. The third-order valence-corrected chi connectivity index (χ3v) is 2.94. The molecule has 2 aromatic rings. The second kappa shape index (κ2) is 4.56. The van der Waals surface area contributed by atoms with E-state index in [1.165, 1.54) is 0 Å². The number of rotatable bonds is 3. The van der Waals surface area contributed by atoms with Gasteiger partial charge in [0.2, 0.25) is 0 Å². The topological polar surface area (TPSA) is 46.1 Å². The van der Waals surface area contributed by atoms with Gasteiger partial charge in [0.15, 0.2) is 0 Å². The van der Waals surface area contributed by atoms with Gasteiger partial charge < -0.3 is 15.2 Å². The van der Waals surface area contributed by atoms with Gasteiger partial charge in [0.1, 0.15) is 0 Å². The molecular formula is C14H15N3O. The lowest BCUT2D eigenvalue weighted by Gasteiger charge is -2.08. The fourth-order valence-corrected chi connectivity index (χ4v) is 1.80. The Hall–Kier alpha value is -2.23. The molecule has 92 valence electrons. The van der Waals surface area contributed by atoms with Crippen molar-refractivity contribution >= 4 is 11.7 Å². The van der Waals surface area contributed by atoms with Crippen molar-refractivity contribution < 1.29 is 4.79 Å². The number of anilines is 1. The highest BCUT2D eigenvalue weighted by Gasteiger charge is 2.23. The van der Waals surface area contributed by atoms with Gasteiger partial charge in [-0.1, -0.05) is 0 Å². The van der Waals surface area contributed by atoms with Crippen molar-refractivity contribution in [2.75, 3.05) is 5.32 Å². The molecule has 0 spiro atoms. The molecule has 3 rings (SSSR count). The molecule has 0 aliphatic heterocycles. The largest absolute Gasteiger partial charge is 0.335 e. The first-order valence-electron chi connectivity index (χ1n) is 6.12. The summed E-state index contributed by atoms with van der Waals surface area (Å²) in [6, 6.07) is 12.0. The van der Waals surface area contributed by atoms with Crippen molar-refractivity contribution in [2.24, 2.45) is 0 Å². The normalized spacial score (nSPS) is 14.2. The van der Waals surface area contributed by atoms with E-state index < -0.39 is 0 Å². The average Bonchev–Trinajstić information content (AvgIpc) is 3.01. The molecule has 1 aromatic carbocycles. The summed E-state index contributed by atoms with van der Waals surface area (Å²) in [6.07, 6.45) is 6.17. The van der Waals surface area contributed by atoms with Crippen molar-refractivity contribution in [1.29, 1.82) is 0 Å². The molecule has 1 aliphatic rings. The molecule has 0 bridgehead atoms. The maximum Gasteiger partial charge on any atom is 0.319 e. The number of aromatic nitrogens is 1. The van der Waals surface area contributed by atoms with Crippen LogP contribution >= 0.6 is 0 Å². The van der Waals surface area contributed by atoms with Gasteiger partial charge >= 0.3 is 6.03 Å². The molecule has 2 amide bonds. The predicted molar refractivity (Wildman–Crippen MR) is 70.9 cm³/mol. The van der Waals surface area contributed by atoms with E-state index in [0.29, 0.717) is 6.04 Å². The highest BCUT2D eigenvalue weighted by Crippen LogP contribution is 2.19.